The molecule has 0 aliphatic heterocycles. The van der Waals surface area contributed by atoms with Gasteiger partial charge in [-0.1, -0.05) is 32.4 Å². The maximum atomic E-state index is 12.5. The monoisotopic (exact) mass is 384 g/mol. The van der Waals surface area contributed by atoms with E-state index in [0.29, 0.717) is 0 Å². The van der Waals surface area contributed by atoms with Gasteiger partial charge in [-0.2, -0.15) is 8.78 Å². The fourth-order valence-electron chi connectivity index (χ4n) is 1.47. The van der Waals surface area contributed by atoms with Gasteiger partial charge in [0.05, 0.1) is 16.2 Å². The Balaban J connectivity index is 3.09. The highest BCUT2D eigenvalue weighted by Crippen LogP contribution is 2.37. The van der Waals surface area contributed by atoms with Gasteiger partial charge in [0.1, 0.15) is 0 Å². The molecule has 0 aliphatic carbocycles. The minimum absolute atomic E-state index is 0.0272. The summed E-state index contributed by atoms with van der Waals surface area (Å²) in [6.07, 6.45) is 0. The van der Waals surface area contributed by atoms with Crippen LogP contribution in [0.25, 0.3) is 0 Å². The van der Waals surface area contributed by atoms with Gasteiger partial charge < -0.3 is 15.8 Å². The van der Waals surface area contributed by atoms with E-state index < -0.39 is 24.0 Å². The van der Waals surface area contributed by atoms with Crippen LogP contribution in [0.15, 0.2) is 16.6 Å². The van der Waals surface area contributed by atoms with Crippen molar-refractivity contribution >= 4 is 39.1 Å². The highest BCUT2D eigenvalue weighted by Gasteiger charge is 2.28. The second kappa shape index (κ2) is 6.89. The normalized spacial score (nSPS) is 13.2. The number of nitrogens with two attached hydrogens (primary N) is 1. The average molecular weight is 386 g/mol. The van der Waals surface area contributed by atoms with Gasteiger partial charge in [0, 0.05) is 5.02 Å². The summed E-state index contributed by atoms with van der Waals surface area (Å²) in [4.78, 5) is 12.1. The van der Waals surface area contributed by atoms with Gasteiger partial charge in [0.25, 0.3) is 0 Å². The summed E-state index contributed by atoms with van der Waals surface area (Å²) >= 11 is 8.92. The van der Waals surface area contributed by atoms with Crippen LogP contribution in [0.1, 0.15) is 20.8 Å². The van der Waals surface area contributed by atoms with Crippen molar-refractivity contribution in [1.82, 2.24) is 0 Å². The fraction of sp³-hybridized carbons (Fsp3) is 0.462. The number of ether oxygens (including phenoxy) is 1. The molecular formula is C13H16BrClF2N2O2. The Kier molecular flexibility index (Phi) is 5.95. The molecule has 3 N–H and O–H groups in total. The van der Waals surface area contributed by atoms with Gasteiger partial charge in [-0.25, -0.2) is 0 Å². The van der Waals surface area contributed by atoms with Crippen molar-refractivity contribution in [3.05, 3.63) is 21.6 Å². The zero-order valence-corrected chi connectivity index (χ0v) is 14.1. The van der Waals surface area contributed by atoms with E-state index in [1.807, 2.05) is 0 Å². The van der Waals surface area contributed by atoms with Crippen LogP contribution in [0.4, 0.5) is 14.5 Å². The van der Waals surface area contributed by atoms with Gasteiger partial charge in [-0.05, 0) is 33.5 Å². The lowest BCUT2D eigenvalue weighted by Gasteiger charge is -2.26. The molecule has 0 unspecified atom stereocenters. The zero-order valence-electron chi connectivity index (χ0n) is 11.7. The second-order valence-electron chi connectivity index (χ2n) is 5.48. The molecule has 1 aromatic rings. The Morgan fingerprint density at radius 1 is 1.43 bits per heavy atom. The van der Waals surface area contributed by atoms with Gasteiger partial charge in [-0.15, -0.1) is 0 Å². The predicted octanol–water partition coefficient (Wildman–Crippen LogP) is 4.02. The first-order valence-corrected chi connectivity index (χ1v) is 7.19. The molecule has 1 atom stereocenters. The van der Waals surface area contributed by atoms with Crippen LogP contribution in [0.2, 0.25) is 5.02 Å². The topological polar surface area (TPSA) is 64.4 Å². The van der Waals surface area contributed by atoms with Crippen LogP contribution in [-0.4, -0.2) is 18.6 Å². The van der Waals surface area contributed by atoms with Gasteiger partial charge >= 0.3 is 6.61 Å². The number of hydrogen-bond donors (Lipinski definition) is 2. The predicted molar refractivity (Wildman–Crippen MR) is 81.8 cm³/mol. The number of amides is 1. The lowest BCUT2D eigenvalue weighted by atomic mass is 9.87. The number of benzene rings is 1. The standard InChI is InChI=1S/C13H16BrClF2N2O2/c1-13(2,3)10(18)11(20)19-8-5-6(15)4-7(14)9(8)21-12(16)17/h4-5,10,12H,18H2,1-3H3,(H,19,20)/t10-/m0/s1. The molecule has 4 nitrogen and oxygen atoms in total. The highest BCUT2D eigenvalue weighted by atomic mass is 79.9. The number of halogens is 4. The number of rotatable bonds is 4. The first-order chi connectivity index (χ1) is 9.52. The SMILES string of the molecule is CC(C)(C)[C@@H](N)C(=O)Nc1cc(Cl)cc(Br)c1OC(F)F. The quantitative estimate of drug-likeness (QED) is 0.823. The molecule has 8 heteroatoms. The van der Waals surface area contributed by atoms with E-state index in [1.165, 1.54) is 12.1 Å². The van der Waals surface area contributed by atoms with Crippen molar-refractivity contribution in [1.29, 1.82) is 0 Å². The van der Waals surface area contributed by atoms with Crippen molar-refractivity contribution in [2.75, 3.05) is 5.32 Å². The molecule has 0 radical (unpaired) electrons. The van der Waals surface area contributed by atoms with Crippen LogP contribution in [-0.2, 0) is 4.79 Å². The highest BCUT2D eigenvalue weighted by molar-refractivity contribution is 9.10. The van der Waals surface area contributed by atoms with Crippen LogP contribution in [0.3, 0.4) is 0 Å². The number of alkyl halides is 2. The second-order valence-corrected chi connectivity index (χ2v) is 6.77. The smallest absolute Gasteiger partial charge is 0.387 e. The molecule has 0 heterocycles. The molecule has 0 aromatic heterocycles. The van der Waals surface area contributed by atoms with Crippen LogP contribution in [0, 0.1) is 5.41 Å². The van der Waals surface area contributed by atoms with Crippen molar-refractivity contribution < 1.29 is 18.3 Å². The fourth-order valence-corrected chi connectivity index (χ4v) is 2.37. The maximum Gasteiger partial charge on any atom is 0.387 e. The zero-order chi connectivity index (χ0) is 16.4. The average Bonchev–Trinajstić information content (AvgIpc) is 2.30. The summed E-state index contributed by atoms with van der Waals surface area (Å²) in [6, 6.07) is 1.88. The molecule has 118 valence electrons. The number of carbonyl (C=O) groups is 1. The Bertz CT molecular complexity index is 536. The van der Waals surface area contributed by atoms with Crippen molar-refractivity contribution in [2.24, 2.45) is 11.1 Å². The van der Waals surface area contributed by atoms with E-state index in [-0.39, 0.29) is 20.9 Å². The Morgan fingerprint density at radius 3 is 2.48 bits per heavy atom. The van der Waals surface area contributed by atoms with Gasteiger partial charge in [0.15, 0.2) is 5.75 Å². The minimum atomic E-state index is -3.03. The first kappa shape index (κ1) is 18.1. The Labute approximate surface area is 135 Å². The van der Waals surface area contributed by atoms with Crippen LogP contribution >= 0.6 is 27.5 Å². The maximum absolute atomic E-state index is 12.5. The van der Waals surface area contributed by atoms with E-state index in [2.05, 4.69) is 26.0 Å². The summed E-state index contributed by atoms with van der Waals surface area (Å²) in [5.41, 5.74) is 5.37. The molecular weight excluding hydrogens is 370 g/mol. The minimum Gasteiger partial charge on any atom is -0.431 e. The molecule has 0 bridgehead atoms. The summed E-state index contributed by atoms with van der Waals surface area (Å²) < 4.78 is 29.5. The lowest BCUT2D eigenvalue weighted by Crippen LogP contribution is -2.45. The number of carbonyl (C=O) groups excluding carboxylic acids is 1. The number of hydrogen-bond acceptors (Lipinski definition) is 3. The van der Waals surface area contributed by atoms with Gasteiger partial charge in [-0.3, -0.25) is 4.79 Å². The molecule has 0 fully saturated rings. The molecule has 0 spiro atoms. The summed E-state index contributed by atoms with van der Waals surface area (Å²) in [7, 11) is 0. The molecule has 0 aliphatic rings. The number of anilines is 1. The van der Waals surface area contributed by atoms with Crippen LogP contribution in [0.5, 0.6) is 5.75 Å². The summed E-state index contributed by atoms with van der Waals surface area (Å²) in [5, 5.41) is 2.72. The summed E-state index contributed by atoms with van der Waals surface area (Å²) in [5.74, 6) is -0.723. The number of nitrogens with one attached hydrogen (secondary N) is 1. The third kappa shape index (κ3) is 5.09. The van der Waals surface area contributed by atoms with Crippen molar-refractivity contribution in [3.8, 4) is 5.75 Å². The van der Waals surface area contributed by atoms with E-state index >= 15 is 0 Å². The molecule has 0 saturated carbocycles. The summed E-state index contributed by atoms with van der Waals surface area (Å²) in [6.45, 7) is 2.35. The van der Waals surface area contributed by atoms with E-state index in [9.17, 15) is 13.6 Å². The van der Waals surface area contributed by atoms with Gasteiger partial charge in [0.2, 0.25) is 5.91 Å². The first-order valence-electron chi connectivity index (χ1n) is 6.02. The van der Waals surface area contributed by atoms with E-state index in [4.69, 9.17) is 17.3 Å². The molecule has 21 heavy (non-hydrogen) atoms. The Hall–Kier alpha value is -0.920. The molecule has 0 saturated heterocycles. The van der Waals surface area contributed by atoms with Crippen molar-refractivity contribution in [3.63, 3.8) is 0 Å². The van der Waals surface area contributed by atoms with Crippen molar-refractivity contribution in [2.45, 2.75) is 33.4 Å². The largest absolute Gasteiger partial charge is 0.431 e. The molecule has 1 aromatic carbocycles. The third-order valence-electron chi connectivity index (χ3n) is 2.69. The van der Waals surface area contributed by atoms with E-state index in [1.54, 1.807) is 20.8 Å². The molecule has 1 amide bonds. The third-order valence-corrected chi connectivity index (χ3v) is 3.50. The Morgan fingerprint density at radius 2 is 2.00 bits per heavy atom. The molecule has 1 rings (SSSR count). The lowest BCUT2D eigenvalue weighted by molar-refractivity contribution is -0.119. The van der Waals surface area contributed by atoms with Crippen LogP contribution < -0.4 is 15.8 Å². The van der Waals surface area contributed by atoms with E-state index in [0.717, 1.165) is 0 Å².